The number of nitrogens with two attached hydrogens (primary N) is 1. The molecule has 1 unspecified atom stereocenters. The van der Waals surface area contributed by atoms with Crippen molar-refractivity contribution in [3.05, 3.63) is 0 Å². The van der Waals surface area contributed by atoms with Crippen molar-refractivity contribution in [1.82, 2.24) is 0 Å². The van der Waals surface area contributed by atoms with Crippen molar-refractivity contribution in [1.29, 1.82) is 0 Å². The zero-order valence-electron chi connectivity index (χ0n) is 21.9. The van der Waals surface area contributed by atoms with Gasteiger partial charge >= 0.3 is 0 Å². The molecule has 0 saturated carbocycles. The molecule has 0 rings (SSSR count). The predicted molar refractivity (Wildman–Crippen MR) is 139 cm³/mol. The molecule has 0 spiro atoms. The molecule has 1 heteroatoms. The molecule has 0 fully saturated rings. The molecule has 0 radical (unpaired) electrons. The first-order valence-electron chi connectivity index (χ1n) is 14.4. The molecule has 0 aromatic carbocycles. The fourth-order valence-electron chi connectivity index (χ4n) is 5.18. The Labute approximate surface area is 192 Å². The highest BCUT2D eigenvalue weighted by Crippen LogP contribution is 2.35. The smallest absolute Gasteiger partial charge is 0.0182 e. The van der Waals surface area contributed by atoms with Crippen LogP contribution in [-0.2, 0) is 0 Å². The van der Waals surface area contributed by atoms with Crippen LogP contribution in [0.4, 0.5) is 0 Å². The third kappa shape index (κ3) is 16.6. The van der Waals surface area contributed by atoms with Gasteiger partial charge in [-0.1, -0.05) is 150 Å². The highest BCUT2D eigenvalue weighted by Gasteiger charge is 2.33. The molecule has 0 saturated heterocycles. The van der Waals surface area contributed by atoms with Crippen LogP contribution in [0, 0.1) is 5.92 Å². The van der Waals surface area contributed by atoms with Crippen molar-refractivity contribution in [2.45, 2.75) is 181 Å². The van der Waals surface area contributed by atoms with E-state index in [4.69, 9.17) is 5.73 Å². The molecule has 0 aliphatic heterocycles. The predicted octanol–water partition coefficient (Wildman–Crippen LogP) is 10.4. The molecule has 182 valence electrons. The van der Waals surface area contributed by atoms with E-state index in [0.717, 1.165) is 5.92 Å². The summed E-state index contributed by atoms with van der Waals surface area (Å²) >= 11 is 0. The Morgan fingerprint density at radius 1 is 0.433 bits per heavy atom. The van der Waals surface area contributed by atoms with Crippen LogP contribution in [-0.4, -0.2) is 5.54 Å². The second-order valence-corrected chi connectivity index (χ2v) is 10.3. The topological polar surface area (TPSA) is 26.0 Å². The van der Waals surface area contributed by atoms with Gasteiger partial charge in [0.2, 0.25) is 0 Å². The molecule has 0 aromatic heterocycles. The van der Waals surface area contributed by atoms with Crippen LogP contribution < -0.4 is 5.73 Å². The summed E-state index contributed by atoms with van der Waals surface area (Å²) in [5.74, 6) is 0.758. The summed E-state index contributed by atoms with van der Waals surface area (Å²) in [4.78, 5) is 0. The number of hydrogen-bond acceptors (Lipinski definition) is 1. The van der Waals surface area contributed by atoms with E-state index in [0.29, 0.717) is 0 Å². The lowest BCUT2D eigenvalue weighted by Crippen LogP contribution is -2.47. The Morgan fingerprint density at radius 2 is 0.733 bits per heavy atom. The van der Waals surface area contributed by atoms with E-state index in [2.05, 4.69) is 27.7 Å². The van der Waals surface area contributed by atoms with E-state index in [1.165, 1.54) is 148 Å². The molecule has 1 nitrogen and oxygen atoms in total. The Kier molecular flexibility index (Phi) is 22.1. The molecular formula is C29H61N. The number of hydrogen-bond donors (Lipinski definition) is 1. The van der Waals surface area contributed by atoms with Crippen LogP contribution in [0.5, 0.6) is 0 Å². The quantitative estimate of drug-likeness (QED) is 0.153. The van der Waals surface area contributed by atoms with Gasteiger partial charge in [-0.15, -0.1) is 0 Å². The fourth-order valence-corrected chi connectivity index (χ4v) is 5.18. The van der Waals surface area contributed by atoms with Crippen LogP contribution in [0.1, 0.15) is 175 Å². The first-order chi connectivity index (χ1) is 14.6. The van der Waals surface area contributed by atoms with Gasteiger partial charge in [-0.25, -0.2) is 0 Å². The molecule has 30 heavy (non-hydrogen) atoms. The summed E-state index contributed by atoms with van der Waals surface area (Å²) in [6.07, 6.45) is 31.6. The van der Waals surface area contributed by atoms with E-state index >= 15 is 0 Å². The zero-order chi connectivity index (χ0) is 22.3. The minimum Gasteiger partial charge on any atom is -0.325 e. The second kappa shape index (κ2) is 22.2. The summed E-state index contributed by atoms with van der Waals surface area (Å²) < 4.78 is 0. The average Bonchev–Trinajstić information content (AvgIpc) is 2.74. The van der Waals surface area contributed by atoms with Gasteiger partial charge in [0.05, 0.1) is 0 Å². The van der Waals surface area contributed by atoms with Crippen molar-refractivity contribution in [2.24, 2.45) is 11.7 Å². The lowest BCUT2D eigenvalue weighted by Gasteiger charge is -2.39. The van der Waals surface area contributed by atoms with Gasteiger partial charge < -0.3 is 5.73 Å². The molecule has 0 amide bonds. The van der Waals surface area contributed by atoms with Crippen molar-refractivity contribution < 1.29 is 0 Å². The highest BCUT2D eigenvalue weighted by atomic mass is 14.8. The third-order valence-electron chi connectivity index (χ3n) is 7.37. The van der Waals surface area contributed by atoms with Gasteiger partial charge in [0, 0.05) is 5.54 Å². The second-order valence-electron chi connectivity index (χ2n) is 10.3. The molecule has 1 atom stereocenters. The van der Waals surface area contributed by atoms with E-state index in [1.54, 1.807) is 0 Å². The summed E-state index contributed by atoms with van der Waals surface area (Å²) in [6.45, 7) is 9.27. The van der Waals surface area contributed by atoms with Crippen LogP contribution in [0.3, 0.4) is 0 Å². The Morgan fingerprint density at radius 3 is 1.10 bits per heavy atom. The van der Waals surface area contributed by atoms with Gasteiger partial charge in [0.1, 0.15) is 0 Å². The summed E-state index contributed by atoms with van der Waals surface area (Å²) in [6, 6.07) is 0. The Bertz CT molecular complexity index is 310. The Hall–Kier alpha value is -0.0400. The number of rotatable bonds is 24. The minimum atomic E-state index is 0.107. The summed E-state index contributed by atoms with van der Waals surface area (Å²) in [5.41, 5.74) is 7.43. The van der Waals surface area contributed by atoms with E-state index in [1.807, 2.05) is 0 Å². The van der Waals surface area contributed by atoms with Gasteiger partial charge in [0.25, 0.3) is 0 Å². The van der Waals surface area contributed by atoms with Gasteiger partial charge in [0.15, 0.2) is 0 Å². The van der Waals surface area contributed by atoms with Crippen LogP contribution >= 0.6 is 0 Å². The standard InChI is InChI=1S/C29H61N/c1-5-9-13-17-21-25-28(24-20-16-12-8-4)29(30,26-22-18-14-10-6-2)27-23-19-15-11-7-3/h28H,5-27,30H2,1-4H3. The lowest BCUT2D eigenvalue weighted by atomic mass is 9.72. The number of unbranched alkanes of at least 4 members (excludes halogenated alkanes) is 15. The maximum atomic E-state index is 7.33. The molecule has 0 bridgehead atoms. The summed E-state index contributed by atoms with van der Waals surface area (Å²) in [7, 11) is 0. The molecule has 0 aliphatic carbocycles. The first kappa shape index (κ1) is 30.0. The van der Waals surface area contributed by atoms with Crippen LogP contribution in [0.15, 0.2) is 0 Å². The van der Waals surface area contributed by atoms with Gasteiger partial charge in [-0.3, -0.25) is 0 Å². The zero-order valence-corrected chi connectivity index (χ0v) is 21.9. The van der Waals surface area contributed by atoms with Gasteiger partial charge in [-0.2, -0.15) is 0 Å². The molecule has 0 aliphatic rings. The van der Waals surface area contributed by atoms with E-state index < -0.39 is 0 Å². The summed E-state index contributed by atoms with van der Waals surface area (Å²) in [5, 5.41) is 0. The maximum Gasteiger partial charge on any atom is 0.0182 e. The lowest BCUT2D eigenvalue weighted by molar-refractivity contribution is 0.189. The van der Waals surface area contributed by atoms with E-state index in [9.17, 15) is 0 Å². The van der Waals surface area contributed by atoms with Crippen molar-refractivity contribution in [3.63, 3.8) is 0 Å². The monoisotopic (exact) mass is 423 g/mol. The SMILES string of the molecule is CCCCCCCC(CCCCCC)C(N)(CCCCCCC)CCCCCCC. The van der Waals surface area contributed by atoms with Crippen LogP contribution in [0.25, 0.3) is 0 Å². The molecule has 0 heterocycles. The maximum absolute atomic E-state index is 7.33. The van der Waals surface area contributed by atoms with Crippen LogP contribution in [0.2, 0.25) is 0 Å². The van der Waals surface area contributed by atoms with Gasteiger partial charge in [-0.05, 0) is 31.6 Å². The highest BCUT2D eigenvalue weighted by molar-refractivity contribution is 4.91. The van der Waals surface area contributed by atoms with Crippen molar-refractivity contribution in [2.75, 3.05) is 0 Å². The third-order valence-corrected chi connectivity index (χ3v) is 7.37. The van der Waals surface area contributed by atoms with Crippen molar-refractivity contribution in [3.8, 4) is 0 Å². The molecular weight excluding hydrogens is 362 g/mol. The fraction of sp³-hybridized carbons (Fsp3) is 1.00. The first-order valence-corrected chi connectivity index (χ1v) is 14.4. The Balaban J connectivity index is 4.84. The largest absolute Gasteiger partial charge is 0.325 e. The average molecular weight is 424 g/mol. The van der Waals surface area contributed by atoms with Crippen molar-refractivity contribution >= 4 is 0 Å². The minimum absolute atomic E-state index is 0.107. The normalized spacial score (nSPS) is 13.1. The molecule has 2 N–H and O–H groups in total. The molecule has 0 aromatic rings. The van der Waals surface area contributed by atoms with E-state index in [-0.39, 0.29) is 5.54 Å².